The summed E-state index contributed by atoms with van der Waals surface area (Å²) in [7, 11) is 0. The van der Waals surface area contributed by atoms with Crippen molar-refractivity contribution in [1.29, 1.82) is 0 Å². The molecule has 1 saturated heterocycles. The molecule has 2 aliphatic rings. The zero-order valence-corrected chi connectivity index (χ0v) is 16.6. The molecule has 2 aromatic carbocycles. The number of hydrogen-bond acceptors (Lipinski definition) is 3. The number of amides is 2. The summed E-state index contributed by atoms with van der Waals surface area (Å²) in [6.45, 7) is 3.62. The normalized spacial score (nSPS) is 18.1. The van der Waals surface area contributed by atoms with Crippen LogP contribution >= 0.6 is 0 Å². The van der Waals surface area contributed by atoms with Gasteiger partial charge in [0.15, 0.2) is 0 Å². The molecule has 0 aliphatic carbocycles. The standard InChI is InChI=1S/C24H25FN2O2/c1-2-27-23(28)21(19-8-10-20(25)11-9-19)22(24(27)29)26-14-12-18(13-15-26)16-17-6-4-3-5-7-17/h3-11,18H,2,12-16H2,1H3. The van der Waals surface area contributed by atoms with E-state index < -0.39 is 0 Å². The first-order valence-electron chi connectivity index (χ1n) is 10.2. The van der Waals surface area contributed by atoms with Gasteiger partial charge in [0.05, 0.1) is 5.57 Å². The lowest BCUT2D eigenvalue weighted by molar-refractivity contribution is -0.137. The van der Waals surface area contributed by atoms with Crippen LogP contribution < -0.4 is 0 Å². The summed E-state index contributed by atoms with van der Waals surface area (Å²) in [4.78, 5) is 29.3. The quantitative estimate of drug-likeness (QED) is 0.725. The van der Waals surface area contributed by atoms with Gasteiger partial charge in [0, 0.05) is 19.6 Å². The number of benzene rings is 2. The predicted octanol–water partition coefficient (Wildman–Crippen LogP) is 3.88. The molecule has 0 spiro atoms. The minimum atomic E-state index is -0.359. The van der Waals surface area contributed by atoms with Crippen LogP contribution in [-0.4, -0.2) is 41.2 Å². The molecule has 2 aromatic rings. The van der Waals surface area contributed by atoms with Gasteiger partial charge in [-0.2, -0.15) is 0 Å². The van der Waals surface area contributed by atoms with Crippen molar-refractivity contribution < 1.29 is 14.0 Å². The summed E-state index contributed by atoms with van der Waals surface area (Å²) in [5.74, 6) is -0.316. The molecular formula is C24H25FN2O2. The van der Waals surface area contributed by atoms with E-state index in [1.165, 1.54) is 22.6 Å². The maximum Gasteiger partial charge on any atom is 0.277 e. The Morgan fingerprint density at radius 1 is 0.931 bits per heavy atom. The third kappa shape index (κ3) is 3.82. The Balaban J connectivity index is 1.57. The number of imide groups is 1. The van der Waals surface area contributed by atoms with Gasteiger partial charge in [0.1, 0.15) is 11.5 Å². The molecule has 0 aromatic heterocycles. The van der Waals surface area contributed by atoms with Crippen molar-refractivity contribution >= 4 is 17.4 Å². The van der Waals surface area contributed by atoms with Gasteiger partial charge in [-0.3, -0.25) is 14.5 Å². The number of likely N-dealkylation sites (N-methyl/N-ethyl adjacent to an activating group) is 1. The van der Waals surface area contributed by atoms with Crippen molar-refractivity contribution in [3.05, 3.63) is 77.2 Å². The van der Waals surface area contributed by atoms with Gasteiger partial charge in [-0.25, -0.2) is 4.39 Å². The summed E-state index contributed by atoms with van der Waals surface area (Å²) < 4.78 is 13.4. The van der Waals surface area contributed by atoms with Crippen LogP contribution in [0.5, 0.6) is 0 Å². The highest BCUT2D eigenvalue weighted by atomic mass is 19.1. The maximum atomic E-state index is 13.4. The molecule has 2 aliphatic heterocycles. The SMILES string of the molecule is CCN1C(=O)C(c2ccc(F)cc2)=C(N2CCC(Cc3ccccc3)CC2)C1=O. The summed E-state index contributed by atoms with van der Waals surface area (Å²) in [5, 5.41) is 0. The van der Waals surface area contributed by atoms with Crippen LogP contribution in [0.25, 0.3) is 5.57 Å². The van der Waals surface area contributed by atoms with E-state index in [9.17, 15) is 14.0 Å². The fraction of sp³-hybridized carbons (Fsp3) is 0.333. The second-order valence-electron chi connectivity index (χ2n) is 7.71. The van der Waals surface area contributed by atoms with Crippen molar-refractivity contribution in [3.63, 3.8) is 0 Å². The first-order valence-corrected chi connectivity index (χ1v) is 10.2. The van der Waals surface area contributed by atoms with Gasteiger partial charge < -0.3 is 4.90 Å². The van der Waals surface area contributed by atoms with E-state index in [0.717, 1.165) is 32.4 Å². The molecule has 5 heteroatoms. The molecule has 4 nitrogen and oxygen atoms in total. The topological polar surface area (TPSA) is 40.6 Å². The van der Waals surface area contributed by atoms with Crippen LogP contribution in [0.15, 0.2) is 60.3 Å². The third-order valence-corrected chi connectivity index (χ3v) is 5.89. The zero-order valence-electron chi connectivity index (χ0n) is 16.6. The number of piperidine rings is 1. The van der Waals surface area contributed by atoms with Crippen molar-refractivity contribution in [3.8, 4) is 0 Å². The Morgan fingerprint density at radius 2 is 1.59 bits per heavy atom. The van der Waals surface area contributed by atoms with Gasteiger partial charge in [0.2, 0.25) is 0 Å². The van der Waals surface area contributed by atoms with E-state index in [4.69, 9.17) is 0 Å². The second kappa shape index (κ2) is 8.19. The van der Waals surface area contributed by atoms with E-state index in [1.807, 2.05) is 6.07 Å². The highest BCUT2D eigenvalue weighted by molar-refractivity contribution is 6.35. The third-order valence-electron chi connectivity index (χ3n) is 5.89. The number of carbonyl (C=O) groups is 2. The monoisotopic (exact) mass is 392 g/mol. The number of hydrogen-bond donors (Lipinski definition) is 0. The Hall–Kier alpha value is -2.95. The van der Waals surface area contributed by atoms with E-state index in [2.05, 4.69) is 29.2 Å². The highest BCUT2D eigenvalue weighted by Gasteiger charge is 2.41. The molecule has 0 bridgehead atoms. The number of halogens is 1. The second-order valence-corrected chi connectivity index (χ2v) is 7.71. The Kier molecular flexibility index (Phi) is 5.47. The van der Waals surface area contributed by atoms with Crippen molar-refractivity contribution in [1.82, 2.24) is 9.80 Å². The fourth-order valence-electron chi connectivity index (χ4n) is 4.33. The lowest BCUT2D eigenvalue weighted by atomic mass is 9.89. The highest BCUT2D eigenvalue weighted by Crippen LogP contribution is 2.34. The molecular weight excluding hydrogens is 367 g/mol. The Bertz CT molecular complexity index is 929. The van der Waals surface area contributed by atoms with Crippen LogP contribution in [0.1, 0.15) is 30.9 Å². The largest absolute Gasteiger partial charge is 0.366 e. The summed E-state index contributed by atoms with van der Waals surface area (Å²) in [6, 6.07) is 16.3. The van der Waals surface area contributed by atoms with Crippen LogP contribution in [0.3, 0.4) is 0 Å². The minimum absolute atomic E-state index is 0.238. The smallest absolute Gasteiger partial charge is 0.277 e. The maximum absolute atomic E-state index is 13.4. The van der Waals surface area contributed by atoms with Crippen molar-refractivity contribution in [2.75, 3.05) is 19.6 Å². The average Bonchev–Trinajstić information content (AvgIpc) is 2.99. The number of carbonyl (C=O) groups excluding carboxylic acids is 2. The molecule has 2 amide bonds. The van der Waals surface area contributed by atoms with Crippen LogP contribution in [0.2, 0.25) is 0 Å². The molecule has 0 saturated carbocycles. The number of nitrogens with zero attached hydrogens (tertiary/aromatic N) is 2. The first-order chi connectivity index (χ1) is 14.1. The summed E-state index contributed by atoms with van der Waals surface area (Å²) in [6.07, 6.45) is 2.98. The molecule has 2 heterocycles. The van der Waals surface area contributed by atoms with Gasteiger partial charge in [-0.15, -0.1) is 0 Å². The van der Waals surface area contributed by atoms with E-state index in [0.29, 0.717) is 29.3 Å². The lowest BCUT2D eigenvalue weighted by Crippen LogP contribution is -2.39. The number of rotatable bonds is 5. The van der Waals surface area contributed by atoms with Crippen LogP contribution in [-0.2, 0) is 16.0 Å². The van der Waals surface area contributed by atoms with Crippen LogP contribution in [0.4, 0.5) is 4.39 Å². The van der Waals surface area contributed by atoms with Crippen molar-refractivity contribution in [2.24, 2.45) is 5.92 Å². The summed E-state index contributed by atoms with van der Waals surface area (Å²) in [5.41, 5.74) is 2.81. The summed E-state index contributed by atoms with van der Waals surface area (Å²) >= 11 is 0. The average molecular weight is 392 g/mol. The molecule has 1 fully saturated rings. The number of likely N-dealkylation sites (tertiary alicyclic amines) is 1. The Morgan fingerprint density at radius 3 is 2.21 bits per heavy atom. The van der Waals surface area contributed by atoms with Gasteiger partial charge in [0.25, 0.3) is 11.8 Å². The minimum Gasteiger partial charge on any atom is -0.366 e. The zero-order chi connectivity index (χ0) is 20.4. The van der Waals surface area contributed by atoms with E-state index in [1.54, 1.807) is 19.1 Å². The molecule has 0 unspecified atom stereocenters. The van der Waals surface area contributed by atoms with Gasteiger partial charge >= 0.3 is 0 Å². The molecule has 29 heavy (non-hydrogen) atoms. The Labute approximate surface area is 170 Å². The van der Waals surface area contributed by atoms with E-state index >= 15 is 0 Å². The molecule has 4 rings (SSSR count). The molecule has 0 N–H and O–H groups in total. The van der Waals surface area contributed by atoms with E-state index in [-0.39, 0.29) is 17.6 Å². The fourth-order valence-corrected chi connectivity index (χ4v) is 4.33. The molecule has 0 radical (unpaired) electrons. The van der Waals surface area contributed by atoms with Gasteiger partial charge in [-0.05, 0) is 55.4 Å². The predicted molar refractivity (Wildman–Crippen MR) is 110 cm³/mol. The molecule has 0 atom stereocenters. The van der Waals surface area contributed by atoms with Crippen LogP contribution in [0, 0.1) is 11.7 Å². The van der Waals surface area contributed by atoms with Crippen molar-refractivity contribution in [2.45, 2.75) is 26.2 Å². The lowest BCUT2D eigenvalue weighted by Gasteiger charge is -2.34. The van der Waals surface area contributed by atoms with Gasteiger partial charge in [-0.1, -0.05) is 42.5 Å². The first kappa shape index (κ1) is 19.4. The molecule has 150 valence electrons.